The van der Waals surface area contributed by atoms with E-state index >= 15 is 0 Å². The molecule has 1 aromatic heterocycles. The lowest BCUT2D eigenvalue weighted by Gasteiger charge is -2.36. The van der Waals surface area contributed by atoms with Crippen molar-refractivity contribution in [3.8, 4) is 5.75 Å². The van der Waals surface area contributed by atoms with Crippen LogP contribution in [0.2, 0.25) is 0 Å². The molecule has 1 unspecified atom stereocenters. The van der Waals surface area contributed by atoms with Crippen LogP contribution >= 0.6 is 11.3 Å². The Labute approximate surface area is 182 Å². The van der Waals surface area contributed by atoms with Crippen molar-refractivity contribution in [3.63, 3.8) is 0 Å². The monoisotopic (exact) mass is 430 g/mol. The van der Waals surface area contributed by atoms with Crippen molar-refractivity contribution in [1.82, 2.24) is 9.80 Å². The van der Waals surface area contributed by atoms with E-state index < -0.39 is 0 Å². The summed E-state index contributed by atoms with van der Waals surface area (Å²) in [5.41, 5.74) is 0. The molecule has 2 heterocycles. The zero-order valence-corrected chi connectivity index (χ0v) is 18.5. The summed E-state index contributed by atoms with van der Waals surface area (Å²) in [5.74, 6) is 1.04. The van der Waals surface area contributed by atoms with Crippen LogP contribution in [-0.2, 0) is 20.7 Å². The van der Waals surface area contributed by atoms with Crippen molar-refractivity contribution < 1.29 is 19.1 Å². The minimum atomic E-state index is -0.189. The van der Waals surface area contributed by atoms with E-state index in [-0.39, 0.29) is 24.5 Å². The van der Waals surface area contributed by atoms with Crippen LogP contribution in [0.3, 0.4) is 0 Å². The number of carbonyl (C=O) groups is 2. The summed E-state index contributed by atoms with van der Waals surface area (Å²) in [6.07, 6.45) is 0.231. The second-order valence-corrected chi connectivity index (χ2v) is 8.92. The van der Waals surface area contributed by atoms with Gasteiger partial charge in [-0.1, -0.05) is 38.1 Å². The number of rotatable bonds is 9. The van der Waals surface area contributed by atoms with E-state index in [0.29, 0.717) is 50.9 Å². The van der Waals surface area contributed by atoms with E-state index in [2.05, 4.69) is 13.8 Å². The van der Waals surface area contributed by atoms with E-state index in [0.717, 1.165) is 4.88 Å². The maximum atomic E-state index is 12.8. The molecule has 1 aliphatic rings. The average Bonchev–Trinajstić information content (AvgIpc) is 3.25. The van der Waals surface area contributed by atoms with Gasteiger partial charge in [0.2, 0.25) is 5.91 Å². The highest BCUT2D eigenvalue weighted by Crippen LogP contribution is 2.15. The Morgan fingerprint density at radius 1 is 1.23 bits per heavy atom. The van der Waals surface area contributed by atoms with E-state index in [1.54, 1.807) is 16.2 Å². The Bertz CT molecular complexity index is 795. The largest absolute Gasteiger partial charge is 0.484 e. The van der Waals surface area contributed by atoms with Gasteiger partial charge >= 0.3 is 0 Å². The zero-order chi connectivity index (χ0) is 21.3. The second kappa shape index (κ2) is 11.1. The molecule has 1 atom stereocenters. The number of para-hydroxylation sites is 1. The molecule has 1 saturated heterocycles. The first kappa shape index (κ1) is 22.3. The lowest BCUT2D eigenvalue weighted by Crippen LogP contribution is -2.52. The normalized spacial score (nSPS) is 16.5. The molecule has 3 rings (SSSR count). The Kier molecular flexibility index (Phi) is 8.28. The minimum absolute atomic E-state index is 0.00945. The molecule has 0 saturated carbocycles. The summed E-state index contributed by atoms with van der Waals surface area (Å²) in [6, 6.07) is 13.3. The van der Waals surface area contributed by atoms with E-state index in [4.69, 9.17) is 9.47 Å². The fourth-order valence-electron chi connectivity index (χ4n) is 3.45. The number of thiophene rings is 1. The van der Waals surface area contributed by atoms with Crippen LogP contribution in [0.1, 0.15) is 18.7 Å². The Morgan fingerprint density at radius 3 is 2.73 bits per heavy atom. The van der Waals surface area contributed by atoms with Gasteiger partial charge in [-0.15, -0.1) is 11.3 Å². The Morgan fingerprint density at radius 2 is 2.03 bits per heavy atom. The SMILES string of the molecule is CC(C)CN(CC1CN(C(=O)Cc2cccs2)CCO1)C(=O)COc1ccccc1. The third kappa shape index (κ3) is 6.85. The first-order valence-corrected chi connectivity index (χ1v) is 11.3. The summed E-state index contributed by atoms with van der Waals surface area (Å²) < 4.78 is 11.5. The predicted octanol–water partition coefficient (Wildman–Crippen LogP) is 3.08. The Hall–Kier alpha value is -2.38. The van der Waals surface area contributed by atoms with Crippen LogP contribution in [-0.4, -0.2) is 67.1 Å². The van der Waals surface area contributed by atoms with Crippen molar-refractivity contribution in [1.29, 1.82) is 0 Å². The quantitative estimate of drug-likeness (QED) is 0.614. The topological polar surface area (TPSA) is 59.1 Å². The van der Waals surface area contributed by atoms with Gasteiger partial charge in [-0.25, -0.2) is 0 Å². The molecule has 6 nitrogen and oxygen atoms in total. The molecule has 1 fully saturated rings. The first-order valence-electron chi connectivity index (χ1n) is 10.4. The Balaban J connectivity index is 1.55. The molecular formula is C23H30N2O4S. The van der Waals surface area contributed by atoms with Gasteiger partial charge in [-0.05, 0) is 29.5 Å². The third-order valence-electron chi connectivity index (χ3n) is 4.86. The molecule has 0 aliphatic carbocycles. The lowest BCUT2D eigenvalue weighted by molar-refractivity contribution is -0.142. The molecule has 0 radical (unpaired) electrons. The molecule has 2 amide bonds. The molecule has 0 N–H and O–H groups in total. The smallest absolute Gasteiger partial charge is 0.260 e. The van der Waals surface area contributed by atoms with Crippen molar-refractivity contribution in [2.75, 3.05) is 39.4 Å². The predicted molar refractivity (Wildman–Crippen MR) is 118 cm³/mol. The van der Waals surface area contributed by atoms with Crippen molar-refractivity contribution >= 4 is 23.2 Å². The van der Waals surface area contributed by atoms with Crippen LogP contribution < -0.4 is 4.74 Å². The molecule has 30 heavy (non-hydrogen) atoms. The first-order chi connectivity index (χ1) is 14.5. The number of morpholine rings is 1. The van der Waals surface area contributed by atoms with E-state index in [1.807, 2.05) is 52.7 Å². The minimum Gasteiger partial charge on any atom is -0.484 e. The van der Waals surface area contributed by atoms with Gasteiger partial charge in [-0.2, -0.15) is 0 Å². The van der Waals surface area contributed by atoms with Gasteiger partial charge in [-0.3, -0.25) is 9.59 Å². The maximum Gasteiger partial charge on any atom is 0.260 e. The maximum absolute atomic E-state index is 12.8. The highest BCUT2D eigenvalue weighted by Gasteiger charge is 2.28. The number of amides is 2. The molecule has 0 bridgehead atoms. The number of carbonyl (C=O) groups excluding carboxylic acids is 2. The number of ether oxygens (including phenoxy) is 2. The highest BCUT2D eigenvalue weighted by molar-refractivity contribution is 7.10. The molecule has 2 aromatic rings. The fraction of sp³-hybridized carbons (Fsp3) is 0.478. The molecule has 1 aromatic carbocycles. The van der Waals surface area contributed by atoms with Gasteiger partial charge in [0, 0.05) is 31.1 Å². The van der Waals surface area contributed by atoms with E-state index in [9.17, 15) is 9.59 Å². The van der Waals surface area contributed by atoms with Crippen LogP contribution in [0, 0.1) is 5.92 Å². The van der Waals surface area contributed by atoms with Gasteiger partial charge in [0.15, 0.2) is 6.61 Å². The van der Waals surface area contributed by atoms with Gasteiger partial charge in [0.05, 0.1) is 19.1 Å². The standard InChI is InChI=1S/C23H30N2O4S/c1-18(2)14-25(23(27)17-29-19-7-4-3-5-8-19)16-20-15-24(10-11-28-20)22(26)13-21-9-6-12-30-21/h3-9,12,18,20H,10-11,13-17H2,1-2H3. The summed E-state index contributed by atoms with van der Waals surface area (Å²) in [6.45, 7) is 6.82. The lowest BCUT2D eigenvalue weighted by atomic mass is 10.1. The summed E-state index contributed by atoms with van der Waals surface area (Å²) >= 11 is 1.60. The fourth-order valence-corrected chi connectivity index (χ4v) is 4.14. The molecule has 162 valence electrons. The van der Waals surface area contributed by atoms with Crippen molar-refractivity contribution in [2.45, 2.75) is 26.4 Å². The number of hydrogen-bond donors (Lipinski definition) is 0. The second-order valence-electron chi connectivity index (χ2n) is 7.88. The van der Waals surface area contributed by atoms with Crippen LogP contribution in [0.15, 0.2) is 47.8 Å². The van der Waals surface area contributed by atoms with Gasteiger partial charge in [0.1, 0.15) is 5.75 Å². The molecule has 7 heteroatoms. The molecular weight excluding hydrogens is 400 g/mol. The average molecular weight is 431 g/mol. The molecule has 1 aliphatic heterocycles. The van der Waals surface area contributed by atoms with Crippen molar-refractivity contribution in [3.05, 3.63) is 52.7 Å². The zero-order valence-electron chi connectivity index (χ0n) is 17.7. The number of benzene rings is 1. The van der Waals surface area contributed by atoms with Crippen molar-refractivity contribution in [2.24, 2.45) is 5.92 Å². The van der Waals surface area contributed by atoms with E-state index in [1.165, 1.54) is 0 Å². The third-order valence-corrected chi connectivity index (χ3v) is 5.74. The summed E-state index contributed by atoms with van der Waals surface area (Å²) in [7, 11) is 0. The van der Waals surface area contributed by atoms with Gasteiger partial charge < -0.3 is 19.3 Å². The van der Waals surface area contributed by atoms with Crippen LogP contribution in [0.5, 0.6) is 5.75 Å². The summed E-state index contributed by atoms with van der Waals surface area (Å²) in [4.78, 5) is 30.2. The van der Waals surface area contributed by atoms with Gasteiger partial charge in [0.25, 0.3) is 5.91 Å². The summed E-state index contributed by atoms with van der Waals surface area (Å²) in [5, 5.41) is 1.98. The number of hydrogen-bond acceptors (Lipinski definition) is 5. The van der Waals surface area contributed by atoms with Crippen LogP contribution in [0.4, 0.5) is 0 Å². The highest BCUT2D eigenvalue weighted by atomic mass is 32.1. The molecule has 0 spiro atoms. The van der Waals surface area contributed by atoms with Crippen LogP contribution in [0.25, 0.3) is 0 Å². The number of nitrogens with zero attached hydrogens (tertiary/aromatic N) is 2.